The van der Waals surface area contributed by atoms with Crippen molar-refractivity contribution in [2.24, 2.45) is 0 Å². The summed E-state index contributed by atoms with van der Waals surface area (Å²) >= 11 is 0. The Balaban J connectivity index is 2.17. The summed E-state index contributed by atoms with van der Waals surface area (Å²) < 4.78 is 27.2. The highest BCUT2D eigenvalue weighted by Crippen LogP contribution is 2.17. The minimum absolute atomic E-state index is 0.0637. The lowest BCUT2D eigenvalue weighted by atomic mass is 10.2. The van der Waals surface area contributed by atoms with E-state index in [4.69, 9.17) is 0 Å². The first-order valence-electron chi connectivity index (χ1n) is 7.84. The normalized spacial score (nSPS) is 10.9. The van der Waals surface area contributed by atoms with Gasteiger partial charge in [-0.05, 0) is 30.3 Å². The maximum absolute atomic E-state index is 12.5. The molecule has 0 radical (unpaired) electrons. The predicted molar refractivity (Wildman–Crippen MR) is 99.3 cm³/mol. The van der Waals surface area contributed by atoms with Gasteiger partial charge in [-0.1, -0.05) is 24.3 Å². The number of carbonyl (C=O) groups is 2. The van der Waals surface area contributed by atoms with Crippen LogP contribution in [0.25, 0.3) is 0 Å². The second kappa shape index (κ2) is 8.01. The number of nitrogens with one attached hydrogen (secondary N) is 1. The van der Waals surface area contributed by atoms with Gasteiger partial charge in [0.15, 0.2) is 0 Å². The van der Waals surface area contributed by atoms with Crippen molar-refractivity contribution >= 4 is 27.5 Å². The molecule has 26 heavy (non-hydrogen) atoms. The molecule has 0 saturated heterocycles. The molecule has 0 aliphatic heterocycles. The fraction of sp³-hybridized carbons (Fsp3) is 0.222. The van der Waals surface area contributed by atoms with Crippen molar-refractivity contribution in [1.82, 2.24) is 9.80 Å². The quantitative estimate of drug-likeness (QED) is 0.832. The van der Waals surface area contributed by atoms with Gasteiger partial charge in [0.1, 0.15) is 0 Å². The molecule has 0 saturated carbocycles. The number of amides is 2. The molecule has 0 aliphatic rings. The van der Waals surface area contributed by atoms with Crippen molar-refractivity contribution in [3.8, 4) is 0 Å². The number of benzene rings is 2. The molecule has 0 spiro atoms. The third-order valence-electron chi connectivity index (χ3n) is 3.63. The molecule has 8 heteroatoms. The minimum Gasteiger partial charge on any atom is -0.347 e. The third kappa shape index (κ3) is 4.82. The number of likely N-dealkylation sites (N-methyl/N-ethyl adjacent to an activating group) is 2. The molecule has 138 valence electrons. The van der Waals surface area contributed by atoms with Crippen LogP contribution in [-0.2, 0) is 14.8 Å². The van der Waals surface area contributed by atoms with Gasteiger partial charge >= 0.3 is 0 Å². The molecular formula is C18H21N3O4S. The highest BCUT2D eigenvalue weighted by molar-refractivity contribution is 7.92. The number of hydrogen-bond donors (Lipinski definition) is 1. The van der Waals surface area contributed by atoms with Gasteiger partial charge in [0.2, 0.25) is 5.91 Å². The number of sulfonamides is 1. The van der Waals surface area contributed by atoms with Crippen molar-refractivity contribution in [1.29, 1.82) is 0 Å². The zero-order valence-electron chi connectivity index (χ0n) is 14.8. The highest BCUT2D eigenvalue weighted by atomic mass is 32.2. The molecule has 0 aliphatic carbocycles. The number of anilines is 1. The van der Waals surface area contributed by atoms with Crippen LogP contribution < -0.4 is 4.72 Å². The van der Waals surface area contributed by atoms with Gasteiger partial charge in [-0.25, -0.2) is 8.42 Å². The van der Waals surface area contributed by atoms with Crippen molar-refractivity contribution in [3.05, 3.63) is 60.2 Å². The fourth-order valence-corrected chi connectivity index (χ4v) is 3.24. The Morgan fingerprint density at radius 3 is 2.23 bits per heavy atom. The van der Waals surface area contributed by atoms with Crippen LogP contribution in [0.4, 0.5) is 5.69 Å². The van der Waals surface area contributed by atoms with E-state index in [1.165, 1.54) is 35.0 Å². The molecule has 2 rings (SSSR count). The molecule has 2 aromatic carbocycles. The van der Waals surface area contributed by atoms with E-state index in [2.05, 4.69) is 4.72 Å². The SMILES string of the molecule is CN(C)C(=O)CN(C)C(=O)c1cccc(NS(=O)(=O)c2ccccc2)c1. The van der Waals surface area contributed by atoms with Gasteiger partial charge in [0, 0.05) is 32.4 Å². The van der Waals surface area contributed by atoms with Gasteiger partial charge in [-0.3, -0.25) is 14.3 Å². The molecule has 1 N–H and O–H groups in total. The van der Waals surface area contributed by atoms with Crippen LogP contribution in [0.2, 0.25) is 0 Å². The Hall–Kier alpha value is -2.87. The Labute approximate surface area is 153 Å². The van der Waals surface area contributed by atoms with Crippen molar-refractivity contribution < 1.29 is 18.0 Å². The number of carbonyl (C=O) groups excluding carboxylic acids is 2. The van der Waals surface area contributed by atoms with E-state index in [0.717, 1.165) is 0 Å². The fourth-order valence-electron chi connectivity index (χ4n) is 2.17. The van der Waals surface area contributed by atoms with E-state index in [1.54, 1.807) is 50.5 Å². The topological polar surface area (TPSA) is 86.8 Å². The van der Waals surface area contributed by atoms with Gasteiger partial charge in [0.05, 0.1) is 11.4 Å². The van der Waals surface area contributed by atoms with Crippen LogP contribution in [0.5, 0.6) is 0 Å². The van der Waals surface area contributed by atoms with Crippen LogP contribution in [0.1, 0.15) is 10.4 Å². The monoisotopic (exact) mass is 375 g/mol. The Morgan fingerprint density at radius 1 is 0.962 bits per heavy atom. The summed E-state index contributed by atoms with van der Waals surface area (Å²) in [5, 5.41) is 0. The lowest BCUT2D eigenvalue weighted by Gasteiger charge is -2.19. The molecule has 0 aromatic heterocycles. The summed E-state index contributed by atoms with van der Waals surface area (Å²) in [6.07, 6.45) is 0. The molecule has 7 nitrogen and oxygen atoms in total. The first-order chi connectivity index (χ1) is 12.2. The molecule has 0 bridgehead atoms. The summed E-state index contributed by atoms with van der Waals surface area (Å²) in [7, 11) is 0.998. The van der Waals surface area contributed by atoms with Gasteiger partial charge < -0.3 is 9.80 Å². The van der Waals surface area contributed by atoms with Crippen molar-refractivity contribution in [2.45, 2.75) is 4.90 Å². The van der Waals surface area contributed by atoms with E-state index >= 15 is 0 Å². The van der Waals surface area contributed by atoms with Crippen LogP contribution in [0.3, 0.4) is 0 Å². The summed E-state index contributed by atoms with van der Waals surface area (Å²) in [6.45, 7) is -0.0637. The standard InChI is InChI=1S/C18H21N3O4S/c1-20(2)17(22)13-21(3)18(23)14-8-7-9-15(12-14)19-26(24,25)16-10-5-4-6-11-16/h4-12,19H,13H2,1-3H3. The highest BCUT2D eigenvalue weighted by Gasteiger charge is 2.18. The molecule has 0 atom stereocenters. The average molecular weight is 375 g/mol. The van der Waals surface area contributed by atoms with Crippen LogP contribution in [0.15, 0.2) is 59.5 Å². The number of nitrogens with zero attached hydrogens (tertiary/aromatic N) is 2. The lowest BCUT2D eigenvalue weighted by molar-refractivity contribution is -0.129. The summed E-state index contributed by atoms with van der Waals surface area (Å²) in [5.74, 6) is -0.581. The van der Waals surface area contributed by atoms with Gasteiger partial charge in [0.25, 0.3) is 15.9 Å². The molecule has 0 fully saturated rings. The van der Waals surface area contributed by atoms with Crippen LogP contribution in [0, 0.1) is 0 Å². The smallest absolute Gasteiger partial charge is 0.261 e. The first kappa shape index (κ1) is 19.5. The summed E-state index contributed by atoms with van der Waals surface area (Å²) in [6, 6.07) is 14.1. The predicted octanol–water partition coefficient (Wildman–Crippen LogP) is 1.65. The maximum atomic E-state index is 12.5. The van der Waals surface area contributed by atoms with Gasteiger partial charge in [-0.15, -0.1) is 0 Å². The van der Waals surface area contributed by atoms with E-state index in [0.29, 0.717) is 0 Å². The van der Waals surface area contributed by atoms with Gasteiger partial charge in [-0.2, -0.15) is 0 Å². The van der Waals surface area contributed by atoms with Crippen molar-refractivity contribution in [3.63, 3.8) is 0 Å². The first-order valence-corrected chi connectivity index (χ1v) is 9.32. The van der Waals surface area contributed by atoms with Crippen LogP contribution >= 0.6 is 0 Å². The Morgan fingerprint density at radius 2 is 1.62 bits per heavy atom. The zero-order valence-corrected chi connectivity index (χ0v) is 15.7. The number of rotatable bonds is 6. The van der Waals surface area contributed by atoms with E-state index in [-0.39, 0.29) is 34.5 Å². The summed E-state index contributed by atoms with van der Waals surface area (Å²) in [5.41, 5.74) is 0.555. The second-order valence-electron chi connectivity index (χ2n) is 5.95. The Bertz CT molecular complexity index is 896. The molecule has 0 heterocycles. The molecular weight excluding hydrogens is 354 g/mol. The minimum atomic E-state index is -3.74. The zero-order chi connectivity index (χ0) is 19.3. The second-order valence-corrected chi connectivity index (χ2v) is 7.63. The number of hydrogen-bond acceptors (Lipinski definition) is 4. The average Bonchev–Trinajstić information content (AvgIpc) is 2.61. The third-order valence-corrected chi connectivity index (χ3v) is 5.03. The maximum Gasteiger partial charge on any atom is 0.261 e. The molecule has 2 aromatic rings. The molecule has 2 amide bonds. The Kier molecular flexibility index (Phi) is 5.99. The largest absolute Gasteiger partial charge is 0.347 e. The van der Waals surface area contributed by atoms with E-state index in [9.17, 15) is 18.0 Å². The molecule has 0 unspecified atom stereocenters. The van der Waals surface area contributed by atoms with E-state index in [1.807, 2.05) is 0 Å². The van der Waals surface area contributed by atoms with Crippen LogP contribution in [-0.4, -0.2) is 57.7 Å². The van der Waals surface area contributed by atoms with Crippen molar-refractivity contribution in [2.75, 3.05) is 32.4 Å². The lowest BCUT2D eigenvalue weighted by Crippen LogP contribution is -2.37. The summed E-state index contributed by atoms with van der Waals surface area (Å²) in [4.78, 5) is 27.0. The van der Waals surface area contributed by atoms with E-state index < -0.39 is 10.0 Å².